The molecule has 0 radical (unpaired) electrons. The number of amides is 2. The maximum Gasteiger partial charge on any atom is 0.305 e. The third-order valence-electron chi connectivity index (χ3n) is 4.60. The summed E-state index contributed by atoms with van der Waals surface area (Å²) in [5, 5.41) is 1.18. The van der Waals surface area contributed by atoms with Gasteiger partial charge in [0.15, 0.2) is 5.76 Å². The van der Waals surface area contributed by atoms with E-state index in [1.165, 1.54) is 13.2 Å². The molecule has 6 nitrogen and oxygen atoms in total. The monoisotopic (exact) mass is 412 g/mol. The summed E-state index contributed by atoms with van der Waals surface area (Å²) >= 11 is 1.13. The largest absolute Gasteiger partial charge is 0.451 e. The highest BCUT2D eigenvalue weighted by molar-refractivity contribution is 7.21. The molecule has 29 heavy (non-hydrogen) atoms. The van der Waals surface area contributed by atoms with Gasteiger partial charge in [0.2, 0.25) is 0 Å². The van der Waals surface area contributed by atoms with E-state index >= 15 is 0 Å². The lowest BCUT2D eigenvalue weighted by atomic mass is 10.1. The smallest absolute Gasteiger partial charge is 0.305 e. The molecule has 8 heteroatoms. The molecule has 0 bridgehead atoms. The Bertz CT molecular complexity index is 1240. The van der Waals surface area contributed by atoms with Crippen LogP contribution in [0.5, 0.6) is 0 Å². The first-order chi connectivity index (χ1) is 14.0. The number of thiophene rings is 1. The maximum absolute atomic E-state index is 14.3. The topological polar surface area (TPSA) is 80.6 Å². The van der Waals surface area contributed by atoms with Crippen LogP contribution in [-0.2, 0) is 11.3 Å². The molecule has 0 fully saturated rings. The lowest BCUT2D eigenvalue weighted by molar-refractivity contribution is 0.0832. The van der Waals surface area contributed by atoms with Crippen LogP contribution in [0.15, 0.2) is 46.9 Å². The van der Waals surface area contributed by atoms with Crippen LogP contribution in [0.2, 0.25) is 0 Å². The zero-order valence-corrected chi connectivity index (χ0v) is 16.5. The second-order valence-electron chi connectivity index (χ2n) is 6.42. The van der Waals surface area contributed by atoms with E-state index in [0.717, 1.165) is 16.7 Å². The number of para-hydroxylation sites is 1. The molecule has 2 amide bonds. The van der Waals surface area contributed by atoms with Crippen LogP contribution in [0, 0.1) is 12.7 Å². The Balaban J connectivity index is 1.58. The number of carbonyl (C=O) groups is 2. The summed E-state index contributed by atoms with van der Waals surface area (Å²) in [6, 6.07) is 11.9. The van der Waals surface area contributed by atoms with E-state index in [4.69, 9.17) is 9.15 Å². The number of benzene rings is 2. The van der Waals surface area contributed by atoms with Gasteiger partial charge >= 0.3 is 5.91 Å². The Hall–Kier alpha value is -3.23. The van der Waals surface area contributed by atoms with Crippen molar-refractivity contribution in [3.63, 3.8) is 0 Å². The van der Waals surface area contributed by atoms with Crippen molar-refractivity contribution in [2.45, 2.75) is 13.5 Å². The lowest BCUT2D eigenvalue weighted by Gasteiger charge is -2.07. The van der Waals surface area contributed by atoms with Gasteiger partial charge in [-0.3, -0.25) is 20.4 Å². The fraction of sp³-hybridized carbons (Fsp3) is 0.143. The van der Waals surface area contributed by atoms with Gasteiger partial charge in [0.05, 0.1) is 6.61 Å². The van der Waals surface area contributed by atoms with Crippen molar-refractivity contribution >= 4 is 44.2 Å². The number of aryl methyl sites for hydroxylation is 1. The van der Waals surface area contributed by atoms with Crippen molar-refractivity contribution in [2.24, 2.45) is 0 Å². The van der Waals surface area contributed by atoms with Crippen LogP contribution in [-0.4, -0.2) is 18.9 Å². The molecule has 0 atom stereocenters. The minimum atomic E-state index is -0.576. The third-order valence-corrected chi connectivity index (χ3v) is 5.79. The number of hydrazine groups is 1. The number of ether oxygens (including phenoxy) is 1. The van der Waals surface area contributed by atoms with Crippen molar-refractivity contribution in [3.8, 4) is 0 Å². The summed E-state index contributed by atoms with van der Waals surface area (Å²) in [7, 11) is 1.47. The van der Waals surface area contributed by atoms with Gasteiger partial charge < -0.3 is 9.15 Å². The van der Waals surface area contributed by atoms with Gasteiger partial charge in [-0.05, 0) is 25.1 Å². The molecule has 0 saturated carbocycles. The molecule has 0 aliphatic rings. The number of furan rings is 1. The number of methoxy groups -OCH3 is 1. The normalized spacial score (nSPS) is 11.1. The standard InChI is InChI=1S/C21H17FN2O4S/c1-11-12-6-3-4-8-15(12)28-18(11)20(25)23-24-21(26)19-13(10-27-2)17-14(22)7-5-9-16(17)29-19/h3-9H,10H2,1-2H3,(H,23,25)(H,24,26). The number of rotatable bonds is 4. The number of hydrogen-bond acceptors (Lipinski definition) is 5. The van der Waals surface area contributed by atoms with Crippen LogP contribution in [0.1, 0.15) is 31.4 Å². The Kier molecular flexibility index (Phi) is 5.04. The highest BCUT2D eigenvalue weighted by Gasteiger charge is 2.22. The van der Waals surface area contributed by atoms with E-state index in [9.17, 15) is 14.0 Å². The molecule has 0 saturated heterocycles. The lowest BCUT2D eigenvalue weighted by Crippen LogP contribution is -2.41. The van der Waals surface area contributed by atoms with Crippen molar-refractivity contribution in [1.29, 1.82) is 0 Å². The quantitative estimate of drug-likeness (QED) is 0.490. The van der Waals surface area contributed by atoms with Crippen LogP contribution in [0.4, 0.5) is 4.39 Å². The van der Waals surface area contributed by atoms with Crippen molar-refractivity contribution in [2.75, 3.05) is 7.11 Å². The second kappa shape index (κ2) is 7.65. The van der Waals surface area contributed by atoms with Gasteiger partial charge in [-0.2, -0.15) is 0 Å². The molecule has 148 valence electrons. The molecular formula is C21H17FN2O4S. The number of nitrogens with one attached hydrogen (secondary N) is 2. The van der Waals surface area contributed by atoms with E-state index in [0.29, 0.717) is 26.8 Å². The predicted molar refractivity (Wildman–Crippen MR) is 108 cm³/mol. The Labute approximate surface area is 169 Å². The molecule has 2 N–H and O–H groups in total. The van der Waals surface area contributed by atoms with Crippen LogP contribution >= 0.6 is 11.3 Å². The zero-order chi connectivity index (χ0) is 20.5. The van der Waals surface area contributed by atoms with E-state index < -0.39 is 17.6 Å². The first kappa shape index (κ1) is 19.1. The second-order valence-corrected chi connectivity index (χ2v) is 7.47. The Morgan fingerprint density at radius 1 is 1.10 bits per heavy atom. The molecule has 2 aromatic heterocycles. The SMILES string of the molecule is COCc1c(C(=O)NNC(=O)c2oc3ccccc3c2C)sc2cccc(F)c12. The highest BCUT2D eigenvalue weighted by atomic mass is 32.1. The summed E-state index contributed by atoms with van der Waals surface area (Å²) in [6.07, 6.45) is 0. The molecule has 0 aliphatic heterocycles. The van der Waals surface area contributed by atoms with Crippen molar-refractivity contribution in [3.05, 3.63) is 70.0 Å². The Morgan fingerprint density at radius 3 is 2.62 bits per heavy atom. The molecule has 2 heterocycles. The van der Waals surface area contributed by atoms with E-state index in [1.807, 2.05) is 18.2 Å². The minimum Gasteiger partial charge on any atom is -0.451 e. The van der Waals surface area contributed by atoms with Gasteiger partial charge in [0.25, 0.3) is 5.91 Å². The molecule has 4 rings (SSSR count). The number of carbonyl (C=O) groups excluding carboxylic acids is 2. The number of halogens is 1. The molecular weight excluding hydrogens is 395 g/mol. The summed E-state index contributed by atoms with van der Waals surface area (Å²) in [4.78, 5) is 25.5. The predicted octanol–water partition coefficient (Wildman–Crippen LogP) is 4.32. The molecule has 0 unspecified atom stereocenters. The number of hydrogen-bond donors (Lipinski definition) is 2. The van der Waals surface area contributed by atoms with E-state index in [2.05, 4.69) is 10.9 Å². The summed E-state index contributed by atoms with van der Waals surface area (Å²) in [6.45, 7) is 1.84. The fourth-order valence-electron chi connectivity index (χ4n) is 3.25. The molecule has 0 spiro atoms. The summed E-state index contributed by atoms with van der Waals surface area (Å²) in [5.74, 6) is -1.44. The highest BCUT2D eigenvalue weighted by Crippen LogP contribution is 2.33. The van der Waals surface area contributed by atoms with Gasteiger partial charge in [-0.1, -0.05) is 24.3 Å². The first-order valence-corrected chi connectivity index (χ1v) is 9.60. The molecule has 0 aliphatic carbocycles. The van der Waals surface area contributed by atoms with Crippen molar-refractivity contribution in [1.82, 2.24) is 10.9 Å². The van der Waals surface area contributed by atoms with Crippen LogP contribution in [0.3, 0.4) is 0 Å². The van der Waals surface area contributed by atoms with E-state index in [1.54, 1.807) is 25.1 Å². The van der Waals surface area contributed by atoms with Gasteiger partial charge in [-0.15, -0.1) is 11.3 Å². The van der Waals surface area contributed by atoms with Gasteiger partial charge in [0.1, 0.15) is 16.3 Å². The zero-order valence-electron chi connectivity index (χ0n) is 15.7. The first-order valence-electron chi connectivity index (χ1n) is 8.79. The van der Waals surface area contributed by atoms with Crippen molar-refractivity contribution < 1.29 is 23.1 Å². The summed E-state index contributed by atoms with van der Waals surface area (Å²) < 4.78 is 25.6. The van der Waals surface area contributed by atoms with Crippen LogP contribution in [0.25, 0.3) is 21.1 Å². The summed E-state index contributed by atoms with van der Waals surface area (Å²) in [5.41, 5.74) is 6.46. The van der Waals surface area contributed by atoms with Crippen LogP contribution < -0.4 is 10.9 Å². The third kappa shape index (κ3) is 3.37. The maximum atomic E-state index is 14.3. The average molecular weight is 412 g/mol. The molecule has 4 aromatic rings. The molecule has 2 aromatic carbocycles. The van der Waals surface area contributed by atoms with Gasteiger partial charge in [0, 0.05) is 33.7 Å². The number of fused-ring (bicyclic) bond motifs is 2. The average Bonchev–Trinajstić information content (AvgIpc) is 3.26. The van der Waals surface area contributed by atoms with E-state index in [-0.39, 0.29) is 17.2 Å². The minimum absolute atomic E-state index is 0.0698. The Morgan fingerprint density at radius 2 is 1.86 bits per heavy atom. The fourth-order valence-corrected chi connectivity index (χ4v) is 4.37. The van der Waals surface area contributed by atoms with Gasteiger partial charge in [-0.25, -0.2) is 4.39 Å².